The molecular formula is C40H30F19NO3. The normalized spacial score (nSPS) is 13.8. The van der Waals surface area contributed by atoms with E-state index in [1.54, 1.807) is 24.3 Å². The van der Waals surface area contributed by atoms with Crippen molar-refractivity contribution in [1.82, 2.24) is 0 Å². The third-order valence-corrected chi connectivity index (χ3v) is 9.42. The quantitative estimate of drug-likeness (QED) is 0.0752. The van der Waals surface area contributed by atoms with Gasteiger partial charge in [0.05, 0.1) is 0 Å². The topological polar surface area (TPSA) is 49.8 Å². The summed E-state index contributed by atoms with van der Waals surface area (Å²) in [5.41, 5.74) is 4.86. The number of rotatable bonds is 19. The van der Waals surface area contributed by atoms with Gasteiger partial charge in [-0.05, 0) is 84.3 Å². The second-order valence-corrected chi connectivity index (χ2v) is 13.8. The molecule has 0 saturated carbocycles. The van der Waals surface area contributed by atoms with Crippen molar-refractivity contribution in [3.63, 3.8) is 0 Å². The van der Waals surface area contributed by atoms with Gasteiger partial charge in [-0.1, -0.05) is 66.7 Å². The molecule has 63 heavy (non-hydrogen) atoms. The van der Waals surface area contributed by atoms with Crippen molar-refractivity contribution in [3.8, 4) is 11.1 Å². The Morgan fingerprint density at radius 3 is 1.19 bits per heavy atom. The number of carbonyl (C=O) groups is 1. The number of hydrogen-bond acceptors (Lipinski definition) is 4. The molecule has 23 heteroatoms. The maximum atomic E-state index is 14.2. The van der Waals surface area contributed by atoms with Gasteiger partial charge >= 0.3 is 59.7 Å². The summed E-state index contributed by atoms with van der Waals surface area (Å²) >= 11 is 0. The molecule has 0 aliphatic rings. The van der Waals surface area contributed by atoms with E-state index < -0.39 is 72.6 Å². The number of aliphatic hydroxyl groups is 1. The molecule has 0 heterocycles. The van der Waals surface area contributed by atoms with Crippen LogP contribution in [0.25, 0.3) is 11.1 Å². The highest BCUT2D eigenvalue weighted by Crippen LogP contribution is 2.65. The molecule has 0 unspecified atom stereocenters. The summed E-state index contributed by atoms with van der Waals surface area (Å²) in [7, 11) is 0. The van der Waals surface area contributed by atoms with E-state index in [1.165, 1.54) is 12.1 Å². The molecule has 4 aromatic carbocycles. The van der Waals surface area contributed by atoms with E-state index in [0.29, 0.717) is 35.5 Å². The predicted molar refractivity (Wildman–Crippen MR) is 187 cm³/mol. The average Bonchev–Trinajstić information content (AvgIpc) is 3.20. The van der Waals surface area contributed by atoms with Gasteiger partial charge in [-0.2, -0.15) is 83.4 Å². The van der Waals surface area contributed by atoms with E-state index in [4.69, 9.17) is 5.11 Å². The van der Waals surface area contributed by atoms with Gasteiger partial charge in [-0.3, -0.25) is 4.79 Å². The molecule has 0 saturated heterocycles. The lowest BCUT2D eigenvalue weighted by molar-refractivity contribution is -0.478. The number of aliphatic hydroxyl groups excluding tert-OH is 1. The van der Waals surface area contributed by atoms with Crippen LogP contribution in [0.15, 0.2) is 103 Å². The molecule has 346 valence electrons. The van der Waals surface area contributed by atoms with Crippen LogP contribution in [-0.4, -0.2) is 71.4 Å². The molecule has 4 aromatic rings. The van der Waals surface area contributed by atoms with Crippen molar-refractivity contribution < 1.29 is 98.1 Å². The lowest BCUT2D eigenvalue weighted by Gasteiger charge is -2.43. The molecule has 1 N–H and O–H groups in total. The fourth-order valence-corrected chi connectivity index (χ4v) is 5.83. The predicted octanol–water partition coefficient (Wildman–Crippen LogP) is 13.2. The maximum Gasteiger partial charge on any atom is 0.473 e. The van der Waals surface area contributed by atoms with Crippen molar-refractivity contribution in [1.29, 1.82) is 0 Å². The Labute approximate surface area is 343 Å². The number of hydrogen-bond donors (Lipinski definition) is 1. The highest BCUT2D eigenvalue weighted by Gasteiger charge is 2.97. The summed E-state index contributed by atoms with van der Waals surface area (Å²) < 4.78 is 261. The summed E-state index contributed by atoms with van der Waals surface area (Å²) in [4.78, 5) is 13.8. The van der Waals surface area contributed by atoms with Gasteiger partial charge in [0.1, 0.15) is 0 Å². The van der Waals surface area contributed by atoms with Crippen molar-refractivity contribution >= 4 is 23.0 Å². The van der Waals surface area contributed by atoms with Crippen LogP contribution in [0.4, 0.5) is 100 Å². The molecule has 4 nitrogen and oxygen atoms in total. The number of benzene rings is 4. The third kappa shape index (κ3) is 9.24. The maximum absolute atomic E-state index is 14.2. The van der Waals surface area contributed by atoms with Crippen LogP contribution in [0.1, 0.15) is 30.4 Å². The Morgan fingerprint density at radius 1 is 0.444 bits per heavy atom. The van der Waals surface area contributed by atoms with Crippen LogP contribution in [0.2, 0.25) is 0 Å². The van der Waals surface area contributed by atoms with Gasteiger partial charge < -0.3 is 14.7 Å². The molecule has 0 atom stereocenters. The molecule has 0 amide bonds. The molecule has 0 spiro atoms. The first kappa shape index (κ1) is 50.4. The number of halogens is 19. The number of nitrogens with zero attached hydrogens (tertiary/aromatic N) is 1. The zero-order chi connectivity index (χ0) is 47.7. The number of alkyl halides is 19. The third-order valence-electron chi connectivity index (χ3n) is 9.42. The second-order valence-electron chi connectivity index (χ2n) is 13.8. The zero-order valence-corrected chi connectivity index (χ0v) is 31.4. The lowest BCUT2D eigenvalue weighted by atomic mass is 9.88. The van der Waals surface area contributed by atoms with Gasteiger partial charge in [0.15, 0.2) is 0 Å². The first-order chi connectivity index (χ1) is 28.8. The summed E-state index contributed by atoms with van der Waals surface area (Å²) in [6, 6.07) is 29.9. The summed E-state index contributed by atoms with van der Waals surface area (Å²) in [5.74, 6) is -63.9. The molecule has 0 bridgehead atoms. The Morgan fingerprint density at radius 2 is 0.794 bits per heavy atom. The van der Waals surface area contributed by atoms with Crippen molar-refractivity contribution in [2.45, 2.75) is 85.8 Å². The van der Waals surface area contributed by atoms with Crippen LogP contribution >= 0.6 is 0 Å². The highest BCUT2D eigenvalue weighted by molar-refractivity contribution is 5.78. The molecule has 0 fully saturated rings. The molecular weight excluding hydrogens is 903 g/mol. The van der Waals surface area contributed by atoms with Gasteiger partial charge in [0.25, 0.3) is 0 Å². The minimum Gasteiger partial charge on any atom is -0.396 e. The van der Waals surface area contributed by atoms with Crippen LogP contribution in [0.5, 0.6) is 0 Å². The number of esters is 1. The summed E-state index contributed by atoms with van der Waals surface area (Å²) in [6.45, 7) is -0.0304. The molecule has 0 aromatic heterocycles. The van der Waals surface area contributed by atoms with E-state index in [9.17, 15) is 88.2 Å². The summed E-state index contributed by atoms with van der Waals surface area (Å²) in [5, 5.41) is 9.16. The number of carbonyl (C=O) groups excluding carboxylic acids is 1. The average molecular weight is 934 g/mol. The first-order valence-electron chi connectivity index (χ1n) is 17.9. The van der Waals surface area contributed by atoms with E-state index in [0.717, 1.165) is 16.7 Å². The van der Waals surface area contributed by atoms with Crippen LogP contribution < -0.4 is 4.90 Å². The van der Waals surface area contributed by atoms with Gasteiger partial charge in [0, 0.05) is 30.1 Å². The van der Waals surface area contributed by atoms with Crippen LogP contribution in [0, 0.1) is 0 Å². The Bertz CT molecular complexity index is 2140. The van der Waals surface area contributed by atoms with Crippen LogP contribution in [0.3, 0.4) is 0 Å². The van der Waals surface area contributed by atoms with Crippen molar-refractivity contribution in [2.75, 3.05) is 11.5 Å². The smallest absolute Gasteiger partial charge is 0.396 e. The van der Waals surface area contributed by atoms with Gasteiger partial charge in [-0.25, -0.2) is 0 Å². The minimum atomic E-state index is -9.07. The molecule has 0 aliphatic carbocycles. The van der Waals surface area contributed by atoms with E-state index in [1.807, 2.05) is 71.6 Å². The Hall–Kier alpha value is -5.22. The van der Waals surface area contributed by atoms with E-state index in [-0.39, 0.29) is 13.0 Å². The minimum absolute atomic E-state index is 0.0304. The van der Waals surface area contributed by atoms with Crippen molar-refractivity contribution in [2.24, 2.45) is 0 Å². The fourth-order valence-electron chi connectivity index (χ4n) is 5.83. The number of ether oxygens (including phenoxy) is 1. The number of anilines is 3. The fraction of sp³-hybridized carbons (Fsp3) is 0.375. The van der Waals surface area contributed by atoms with E-state index >= 15 is 0 Å². The SMILES string of the molecule is O=C(CCCc1ccc(N(c2ccc(CCCO)cc2)c2ccc(-c3ccccc3)cc2)cc1)OC(F)(F)C(F)(F)C(F)(F)C(F)(F)C(F)(F)C(F)(F)C(F)(F)C(F)(F)C(F)(F)F. The van der Waals surface area contributed by atoms with Gasteiger partial charge in [-0.15, -0.1) is 0 Å². The monoisotopic (exact) mass is 933 g/mol. The Kier molecular flexibility index (Phi) is 14.2. The Balaban J connectivity index is 1.49. The van der Waals surface area contributed by atoms with E-state index in [2.05, 4.69) is 4.74 Å². The summed E-state index contributed by atoms with van der Waals surface area (Å²) in [6.07, 6.45) is -16.7. The first-order valence-corrected chi connectivity index (χ1v) is 17.9. The zero-order valence-electron chi connectivity index (χ0n) is 31.4. The van der Waals surface area contributed by atoms with Crippen molar-refractivity contribution in [3.05, 3.63) is 114 Å². The largest absolute Gasteiger partial charge is 0.473 e. The van der Waals surface area contributed by atoms with Crippen LogP contribution in [-0.2, 0) is 22.4 Å². The number of aryl methyl sites for hydroxylation is 2. The second kappa shape index (κ2) is 17.7. The molecule has 4 rings (SSSR count). The molecule has 0 radical (unpaired) electrons. The highest BCUT2D eigenvalue weighted by atomic mass is 19.4. The molecule has 0 aliphatic heterocycles. The van der Waals surface area contributed by atoms with Gasteiger partial charge in [0.2, 0.25) is 0 Å². The lowest BCUT2D eigenvalue weighted by Crippen LogP contribution is -2.76. The standard InChI is InChI=1S/C40H30F19NO3/c41-32(42,33(43,44)35(47,48)37(51,52)39(55,56)57)34(45,46)36(49,50)38(53,54)40(58,59)63-31(62)10-4-6-24-11-17-28(18-12-24)60(29-19-13-25(14-20-29)7-5-23-61)30-21-15-27(16-22-30)26-8-2-1-3-9-26/h1-3,8-9,11-22,61H,4-7,10,23H2.